The summed E-state index contributed by atoms with van der Waals surface area (Å²) in [5, 5.41) is 3.22. The van der Waals surface area contributed by atoms with Crippen molar-refractivity contribution in [3.63, 3.8) is 0 Å². The Bertz CT molecular complexity index is 1230. The maximum absolute atomic E-state index is 13.8. The number of amides is 1. The van der Waals surface area contributed by atoms with Crippen LogP contribution in [0.1, 0.15) is 41.6 Å². The van der Waals surface area contributed by atoms with Crippen molar-refractivity contribution in [2.45, 2.75) is 43.2 Å². The third kappa shape index (κ3) is 4.40. The summed E-state index contributed by atoms with van der Waals surface area (Å²) in [4.78, 5) is 13.6. The van der Waals surface area contributed by atoms with E-state index in [1.807, 2.05) is 30.3 Å². The molecule has 3 aromatic rings. The quantitative estimate of drug-likeness (QED) is 0.540. The normalized spacial score (nSPS) is 21.6. The Hall–Kier alpha value is -3.12. The number of sulfonamides is 1. The van der Waals surface area contributed by atoms with E-state index in [0.717, 1.165) is 12.0 Å². The summed E-state index contributed by atoms with van der Waals surface area (Å²) >= 11 is 0. The van der Waals surface area contributed by atoms with Crippen molar-refractivity contribution in [1.82, 2.24) is 5.32 Å². The van der Waals surface area contributed by atoms with Crippen LogP contribution in [0, 0.1) is 11.8 Å². The average molecular weight is 461 g/mol. The second-order valence-corrected chi connectivity index (χ2v) is 10.9. The molecular weight excluding hydrogens is 432 g/mol. The Morgan fingerprint density at radius 3 is 2.18 bits per heavy atom. The van der Waals surface area contributed by atoms with E-state index in [-0.39, 0.29) is 23.4 Å². The number of nitrogens with zero attached hydrogens (tertiary/aromatic N) is 1. The van der Waals surface area contributed by atoms with Gasteiger partial charge in [0.15, 0.2) is 0 Å². The van der Waals surface area contributed by atoms with Gasteiger partial charge in [-0.2, -0.15) is 0 Å². The molecule has 0 aliphatic heterocycles. The van der Waals surface area contributed by atoms with Crippen LogP contribution in [0.15, 0.2) is 89.8 Å². The molecule has 5 nitrogen and oxygen atoms in total. The lowest BCUT2D eigenvalue weighted by Crippen LogP contribution is -2.40. The highest BCUT2D eigenvalue weighted by Crippen LogP contribution is 2.44. The summed E-state index contributed by atoms with van der Waals surface area (Å²) in [6, 6.07) is 25.0. The average Bonchev–Trinajstić information content (AvgIpc) is 3.47. The first kappa shape index (κ1) is 21.7. The molecule has 1 amide bonds. The van der Waals surface area contributed by atoms with Gasteiger partial charge in [0.25, 0.3) is 15.9 Å². The number of hydrogen-bond donors (Lipinski definition) is 1. The fourth-order valence-electron chi connectivity index (χ4n) is 5.32. The molecule has 0 spiro atoms. The number of nitrogens with one attached hydrogen (secondary N) is 1. The van der Waals surface area contributed by atoms with Crippen molar-refractivity contribution >= 4 is 21.6 Å². The van der Waals surface area contributed by atoms with Crippen molar-refractivity contribution in [2.75, 3.05) is 4.31 Å². The van der Waals surface area contributed by atoms with E-state index in [1.165, 1.54) is 23.6 Å². The van der Waals surface area contributed by atoms with Gasteiger partial charge in [-0.3, -0.25) is 9.10 Å². The molecular formula is C27H28N2O3S. The van der Waals surface area contributed by atoms with Gasteiger partial charge in [-0.1, -0.05) is 67.1 Å². The molecule has 2 aliphatic carbocycles. The Labute approximate surface area is 195 Å². The van der Waals surface area contributed by atoms with Gasteiger partial charge >= 0.3 is 0 Å². The van der Waals surface area contributed by atoms with Gasteiger partial charge in [0.05, 0.1) is 22.7 Å². The zero-order valence-electron chi connectivity index (χ0n) is 18.4. The van der Waals surface area contributed by atoms with Crippen molar-refractivity contribution in [3.8, 4) is 0 Å². The Morgan fingerprint density at radius 2 is 1.52 bits per heavy atom. The second kappa shape index (κ2) is 9.02. The van der Waals surface area contributed by atoms with E-state index >= 15 is 0 Å². The highest BCUT2D eigenvalue weighted by molar-refractivity contribution is 7.92. The van der Waals surface area contributed by atoms with E-state index in [2.05, 4.69) is 5.32 Å². The van der Waals surface area contributed by atoms with Gasteiger partial charge in [-0.05, 0) is 60.9 Å². The van der Waals surface area contributed by atoms with Crippen molar-refractivity contribution in [3.05, 3.63) is 96.1 Å². The van der Waals surface area contributed by atoms with Crippen LogP contribution in [0.4, 0.5) is 5.69 Å². The fraction of sp³-hybridized carbons (Fsp3) is 0.296. The molecule has 2 aliphatic rings. The number of rotatable bonds is 7. The topological polar surface area (TPSA) is 66.5 Å². The largest absolute Gasteiger partial charge is 0.349 e. The SMILES string of the molecule is O=C(N[C@H]1C[C@@H]2CC[C@H]1C2)c1ccccc1N(Cc1ccccc1)S(=O)(=O)c1ccccc1. The molecule has 33 heavy (non-hydrogen) atoms. The predicted octanol–water partition coefficient (Wildman–Crippen LogP) is 5.00. The minimum Gasteiger partial charge on any atom is -0.349 e. The molecule has 2 fully saturated rings. The van der Waals surface area contributed by atoms with Gasteiger partial charge in [0.1, 0.15) is 0 Å². The zero-order chi connectivity index (χ0) is 22.8. The second-order valence-electron chi connectivity index (χ2n) is 9.08. The molecule has 2 saturated carbocycles. The molecule has 0 heterocycles. The molecule has 3 aromatic carbocycles. The van der Waals surface area contributed by atoms with Gasteiger partial charge < -0.3 is 5.32 Å². The highest BCUT2D eigenvalue weighted by atomic mass is 32.2. The third-order valence-corrected chi connectivity index (χ3v) is 8.75. The lowest BCUT2D eigenvalue weighted by Gasteiger charge is -2.28. The van der Waals surface area contributed by atoms with Crippen molar-refractivity contribution < 1.29 is 13.2 Å². The number of fused-ring (bicyclic) bond motifs is 2. The minimum absolute atomic E-state index is 0.135. The van der Waals surface area contributed by atoms with Crippen LogP contribution in [0.3, 0.4) is 0 Å². The third-order valence-electron chi connectivity index (χ3n) is 6.97. The maximum Gasteiger partial charge on any atom is 0.264 e. The van der Waals surface area contributed by atoms with Crippen molar-refractivity contribution in [2.24, 2.45) is 11.8 Å². The molecule has 5 rings (SSSR count). The summed E-state index contributed by atoms with van der Waals surface area (Å²) in [7, 11) is -3.89. The first-order chi connectivity index (χ1) is 16.0. The smallest absolute Gasteiger partial charge is 0.264 e. The number of anilines is 1. The van der Waals surface area contributed by atoms with E-state index in [0.29, 0.717) is 23.1 Å². The van der Waals surface area contributed by atoms with Gasteiger partial charge in [-0.15, -0.1) is 0 Å². The molecule has 2 bridgehead atoms. The van der Waals surface area contributed by atoms with Crippen LogP contribution in [0.2, 0.25) is 0 Å². The van der Waals surface area contributed by atoms with E-state index in [9.17, 15) is 13.2 Å². The number of benzene rings is 3. The van der Waals surface area contributed by atoms with Gasteiger partial charge in [-0.25, -0.2) is 8.42 Å². The van der Waals surface area contributed by atoms with E-state index in [1.54, 1.807) is 54.6 Å². The summed E-state index contributed by atoms with van der Waals surface area (Å²) < 4.78 is 28.9. The number of carbonyl (C=O) groups excluding carboxylic acids is 1. The Kier molecular flexibility index (Phi) is 5.94. The molecule has 1 N–H and O–H groups in total. The number of hydrogen-bond acceptors (Lipinski definition) is 3. The van der Waals surface area contributed by atoms with Crippen LogP contribution in [-0.4, -0.2) is 20.4 Å². The molecule has 3 atom stereocenters. The summed E-state index contributed by atoms with van der Waals surface area (Å²) in [6.45, 7) is 0.135. The van der Waals surface area contributed by atoms with Crippen LogP contribution in [0.25, 0.3) is 0 Å². The molecule has 0 aromatic heterocycles. The molecule has 0 unspecified atom stereocenters. The van der Waals surface area contributed by atoms with Crippen LogP contribution >= 0.6 is 0 Å². The van der Waals surface area contributed by atoms with E-state index in [4.69, 9.17) is 0 Å². The van der Waals surface area contributed by atoms with Crippen LogP contribution in [0.5, 0.6) is 0 Å². The van der Waals surface area contributed by atoms with Gasteiger partial charge in [0.2, 0.25) is 0 Å². The number of para-hydroxylation sites is 1. The van der Waals surface area contributed by atoms with Gasteiger partial charge in [0, 0.05) is 6.04 Å². The fourth-order valence-corrected chi connectivity index (χ4v) is 6.81. The lowest BCUT2D eigenvalue weighted by atomic mass is 9.95. The Morgan fingerprint density at radius 1 is 0.848 bits per heavy atom. The summed E-state index contributed by atoms with van der Waals surface area (Å²) in [6.07, 6.45) is 4.64. The number of carbonyl (C=O) groups is 1. The maximum atomic E-state index is 13.8. The molecule has 0 saturated heterocycles. The first-order valence-electron chi connectivity index (χ1n) is 11.5. The van der Waals surface area contributed by atoms with Crippen molar-refractivity contribution in [1.29, 1.82) is 0 Å². The van der Waals surface area contributed by atoms with Crippen LogP contribution < -0.4 is 9.62 Å². The Balaban J connectivity index is 1.52. The standard InChI is InChI=1S/C27H28N2O3S/c30-27(28-25-18-21-15-16-22(25)17-21)24-13-7-8-14-26(24)29(19-20-9-3-1-4-10-20)33(31,32)23-11-5-2-6-12-23/h1-14,21-22,25H,15-19H2,(H,28,30)/t21-,22+,25+/m1/s1. The predicted molar refractivity (Wildman–Crippen MR) is 129 cm³/mol. The molecule has 6 heteroatoms. The summed E-state index contributed by atoms with van der Waals surface area (Å²) in [5.74, 6) is 1.05. The minimum atomic E-state index is -3.89. The highest BCUT2D eigenvalue weighted by Gasteiger charge is 2.40. The summed E-state index contributed by atoms with van der Waals surface area (Å²) in [5.41, 5.74) is 1.63. The molecule has 0 radical (unpaired) electrons. The van der Waals surface area contributed by atoms with E-state index < -0.39 is 10.0 Å². The monoisotopic (exact) mass is 460 g/mol. The lowest BCUT2D eigenvalue weighted by molar-refractivity contribution is 0.0923. The molecule has 170 valence electrons. The zero-order valence-corrected chi connectivity index (χ0v) is 19.2. The van der Waals surface area contributed by atoms with Crippen LogP contribution in [-0.2, 0) is 16.6 Å². The first-order valence-corrected chi connectivity index (χ1v) is 13.0.